The molecule has 2 rings (SSSR count). The van der Waals surface area contributed by atoms with Gasteiger partial charge in [-0.05, 0) is 38.8 Å². The molecule has 0 saturated carbocycles. The van der Waals surface area contributed by atoms with Gasteiger partial charge in [0, 0.05) is 11.7 Å². The van der Waals surface area contributed by atoms with E-state index in [0.29, 0.717) is 6.61 Å². The van der Waals surface area contributed by atoms with E-state index in [2.05, 4.69) is 11.9 Å². The molecule has 104 valence electrons. The standard InChI is InChI=1S/C14H21N3O2/c1-4-10-8-11(15)13-12(7-6-9(3)16-13)17(10)14(18)19-5-2/h6-7,10-11H,4-5,8,15H2,1-3H3/t10-,11+/m1/s1. The molecule has 0 spiro atoms. The molecule has 0 bridgehead atoms. The van der Waals surface area contributed by atoms with Crippen LogP contribution in [-0.2, 0) is 4.74 Å². The quantitative estimate of drug-likeness (QED) is 0.890. The van der Waals surface area contributed by atoms with Crippen molar-refractivity contribution in [1.82, 2.24) is 4.98 Å². The van der Waals surface area contributed by atoms with Gasteiger partial charge in [0.1, 0.15) is 0 Å². The normalized spacial score (nSPS) is 22.0. The molecule has 2 heterocycles. The van der Waals surface area contributed by atoms with Gasteiger partial charge in [0.15, 0.2) is 0 Å². The maximum Gasteiger partial charge on any atom is 0.414 e. The second-order valence-corrected chi connectivity index (χ2v) is 4.83. The Balaban J connectivity index is 2.45. The van der Waals surface area contributed by atoms with Gasteiger partial charge in [0.25, 0.3) is 0 Å². The number of rotatable bonds is 2. The Morgan fingerprint density at radius 3 is 2.89 bits per heavy atom. The summed E-state index contributed by atoms with van der Waals surface area (Å²) in [6.07, 6.45) is 1.26. The van der Waals surface area contributed by atoms with Crippen LogP contribution in [0.25, 0.3) is 0 Å². The van der Waals surface area contributed by atoms with Gasteiger partial charge >= 0.3 is 6.09 Å². The highest BCUT2D eigenvalue weighted by molar-refractivity contribution is 5.89. The topological polar surface area (TPSA) is 68.5 Å². The number of carbonyl (C=O) groups is 1. The third-order valence-corrected chi connectivity index (χ3v) is 3.48. The van der Waals surface area contributed by atoms with Crippen LogP contribution in [0.4, 0.5) is 10.5 Å². The highest BCUT2D eigenvalue weighted by Crippen LogP contribution is 2.36. The maximum absolute atomic E-state index is 12.2. The molecule has 0 saturated heterocycles. The minimum Gasteiger partial charge on any atom is -0.449 e. The van der Waals surface area contributed by atoms with Crippen molar-refractivity contribution < 1.29 is 9.53 Å². The monoisotopic (exact) mass is 263 g/mol. The molecule has 5 nitrogen and oxygen atoms in total. The van der Waals surface area contributed by atoms with Crippen molar-refractivity contribution in [2.24, 2.45) is 5.73 Å². The molecule has 0 fully saturated rings. The molecule has 1 amide bonds. The summed E-state index contributed by atoms with van der Waals surface area (Å²) in [6.45, 7) is 6.15. The Kier molecular flexibility index (Phi) is 4.04. The van der Waals surface area contributed by atoms with Crippen LogP contribution in [0.2, 0.25) is 0 Å². The molecule has 1 aliphatic heterocycles. The number of ether oxygens (including phenoxy) is 1. The third-order valence-electron chi connectivity index (χ3n) is 3.48. The lowest BCUT2D eigenvalue weighted by Crippen LogP contribution is -2.46. The van der Waals surface area contributed by atoms with Gasteiger partial charge in [-0.15, -0.1) is 0 Å². The van der Waals surface area contributed by atoms with Gasteiger partial charge in [-0.2, -0.15) is 0 Å². The van der Waals surface area contributed by atoms with Crippen LogP contribution in [-0.4, -0.2) is 23.7 Å². The van der Waals surface area contributed by atoms with Gasteiger partial charge in [-0.3, -0.25) is 9.88 Å². The summed E-state index contributed by atoms with van der Waals surface area (Å²) >= 11 is 0. The Morgan fingerprint density at radius 2 is 2.26 bits per heavy atom. The number of anilines is 1. The fraction of sp³-hybridized carbons (Fsp3) is 0.571. The largest absolute Gasteiger partial charge is 0.449 e. The molecule has 0 aliphatic carbocycles. The molecule has 2 atom stereocenters. The number of pyridine rings is 1. The zero-order valence-corrected chi connectivity index (χ0v) is 11.7. The van der Waals surface area contributed by atoms with E-state index >= 15 is 0 Å². The van der Waals surface area contributed by atoms with Crippen LogP contribution in [0.3, 0.4) is 0 Å². The molecular weight excluding hydrogens is 242 g/mol. The maximum atomic E-state index is 12.2. The van der Waals surface area contributed by atoms with Crippen LogP contribution < -0.4 is 10.6 Å². The zero-order chi connectivity index (χ0) is 14.0. The number of aromatic nitrogens is 1. The highest BCUT2D eigenvalue weighted by Gasteiger charge is 2.35. The van der Waals surface area contributed by atoms with Crippen molar-refractivity contribution >= 4 is 11.8 Å². The van der Waals surface area contributed by atoms with E-state index in [0.717, 1.165) is 29.9 Å². The van der Waals surface area contributed by atoms with Crippen LogP contribution in [0, 0.1) is 6.92 Å². The fourth-order valence-electron chi connectivity index (χ4n) is 2.54. The van der Waals surface area contributed by atoms with E-state index < -0.39 is 0 Å². The number of carbonyl (C=O) groups excluding carboxylic acids is 1. The summed E-state index contributed by atoms with van der Waals surface area (Å²) in [4.78, 5) is 18.3. The summed E-state index contributed by atoms with van der Waals surface area (Å²) in [7, 11) is 0. The molecule has 0 aromatic carbocycles. The lowest BCUT2D eigenvalue weighted by molar-refractivity contribution is 0.155. The smallest absolute Gasteiger partial charge is 0.414 e. The number of nitrogens with zero attached hydrogens (tertiary/aromatic N) is 2. The van der Waals surface area contributed by atoms with Crippen molar-refractivity contribution in [3.63, 3.8) is 0 Å². The summed E-state index contributed by atoms with van der Waals surface area (Å²) in [5.41, 5.74) is 8.66. The summed E-state index contributed by atoms with van der Waals surface area (Å²) in [5.74, 6) is 0. The first-order valence-corrected chi connectivity index (χ1v) is 6.77. The Morgan fingerprint density at radius 1 is 1.53 bits per heavy atom. The molecule has 2 N–H and O–H groups in total. The lowest BCUT2D eigenvalue weighted by Gasteiger charge is -2.38. The fourth-order valence-corrected chi connectivity index (χ4v) is 2.54. The molecule has 0 radical (unpaired) electrons. The Labute approximate surface area is 113 Å². The van der Waals surface area contributed by atoms with Crippen molar-refractivity contribution in [3.05, 3.63) is 23.5 Å². The summed E-state index contributed by atoms with van der Waals surface area (Å²) in [6, 6.07) is 3.77. The number of amides is 1. The van der Waals surface area contributed by atoms with Crippen LogP contribution in [0.1, 0.15) is 44.1 Å². The summed E-state index contributed by atoms with van der Waals surface area (Å²) < 4.78 is 5.15. The van der Waals surface area contributed by atoms with E-state index in [4.69, 9.17) is 10.5 Å². The zero-order valence-electron chi connectivity index (χ0n) is 11.7. The molecule has 1 aliphatic rings. The average molecular weight is 263 g/mol. The van der Waals surface area contributed by atoms with E-state index in [9.17, 15) is 4.79 Å². The van der Waals surface area contributed by atoms with Gasteiger partial charge in [0.05, 0.1) is 24.0 Å². The first-order valence-electron chi connectivity index (χ1n) is 6.77. The highest BCUT2D eigenvalue weighted by atomic mass is 16.6. The average Bonchev–Trinajstić information content (AvgIpc) is 2.39. The Hall–Kier alpha value is -1.62. The second kappa shape index (κ2) is 5.57. The molecule has 1 aromatic heterocycles. The van der Waals surface area contributed by atoms with Gasteiger partial charge < -0.3 is 10.5 Å². The van der Waals surface area contributed by atoms with Gasteiger partial charge in [-0.25, -0.2) is 4.79 Å². The van der Waals surface area contributed by atoms with E-state index in [1.165, 1.54) is 0 Å². The van der Waals surface area contributed by atoms with Crippen molar-refractivity contribution in [3.8, 4) is 0 Å². The van der Waals surface area contributed by atoms with Crippen LogP contribution in [0.5, 0.6) is 0 Å². The second-order valence-electron chi connectivity index (χ2n) is 4.83. The van der Waals surface area contributed by atoms with Crippen molar-refractivity contribution in [2.45, 2.75) is 45.7 Å². The van der Waals surface area contributed by atoms with E-state index in [-0.39, 0.29) is 18.2 Å². The SMILES string of the molecule is CCOC(=O)N1c2ccc(C)nc2[C@@H](N)C[C@H]1CC. The summed E-state index contributed by atoms with van der Waals surface area (Å²) in [5, 5.41) is 0. The number of aryl methyl sites for hydroxylation is 1. The molecule has 0 unspecified atom stereocenters. The molecule has 19 heavy (non-hydrogen) atoms. The van der Waals surface area contributed by atoms with E-state index in [1.807, 2.05) is 26.0 Å². The molecule has 1 aromatic rings. The predicted molar refractivity (Wildman–Crippen MR) is 74.1 cm³/mol. The van der Waals surface area contributed by atoms with Crippen molar-refractivity contribution in [2.75, 3.05) is 11.5 Å². The Bertz CT molecular complexity index is 476. The van der Waals surface area contributed by atoms with Crippen molar-refractivity contribution in [1.29, 1.82) is 0 Å². The number of fused-ring (bicyclic) bond motifs is 1. The molecular formula is C14H21N3O2. The predicted octanol–water partition coefficient (Wildman–Crippen LogP) is 2.54. The molecule has 5 heteroatoms. The lowest BCUT2D eigenvalue weighted by atomic mass is 9.94. The first kappa shape index (κ1) is 13.8. The minimum absolute atomic E-state index is 0.0751. The number of hydrogen-bond acceptors (Lipinski definition) is 4. The third kappa shape index (κ3) is 2.56. The van der Waals surface area contributed by atoms with Crippen LogP contribution >= 0.6 is 0 Å². The number of hydrogen-bond donors (Lipinski definition) is 1. The first-order chi connectivity index (χ1) is 9.08. The minimum atomic E-state index is -0.312. The van der Waals surface area contributed by atoms with Gasteiger partial charge in [0.2, 0.25) is 0 Å². The van der Waals surface area contributed by atoms with E-state index in [1.54, 1.807) is 4.90 Å². The van der Waals surface area contributed by atoms with Gasteiger partial charge in [-0.1, -0.05) is 6.92 Å². The number of nitrogens with two attached hydrogens (primary N) is 1. The van der Waals surface area contributed by atoms with Crippen LogP contribution in [0.15, 0.2) is 12.1 Å².